The van der Waals surface area contributed by atoms with E-state index in [0.29, 0.717) is 119 Å². The second-order valence-electron chi connectivity index (χ2n) is 6.87. The Hall–Kier alpha value is -1.30. The van der Waals surface area contributed by atoms with Gasteiger partial charge >= 0.3 is 5.97 Å². The lowest BCUT2D eigenvalue weighted by molar-refractivity contribution is -0.142. The fourth-order valence-electron chi connectivity index (χ4n) is 2.09. The quantitative estimate of drug-likeness (QED) is 0.0709. The van der Waals surface area contributed by atoms with E-state index in [0.717, 1.165) is 6.54 Å². The molecule has 0 aromatic carbocycles. The van der Waals surface area contributed by atoms with E-state index in [2.05, 4.69) is 10.1 Å². The van der Waals surface area contributed by atoms with Crippen molar-refractivity contribution in [1.82, 2.24) is 5.32 Å². The molecule has 0 heterocycles. The Labute approximate surface area is 220 Å². The number of nitrogens with one attached hydrogen (secondary N) is 1. The minimum absolute atomic E-state index is 0.147. The second kappa shape index (κ2) is 36.9. The summed E-state index contributed by atoms with van der Waals surface area (Å²) in [5.41, 5.74) is 5.31. The Morgan fingerprint density at radius 3 is 1.22 bits per heavy atom. The molecule has 0 aromatic heterocycles. The second-order valence-corrected chi connectivity index (χ2v) is 6.87. The zero-order chi connectivity index (χ0) is 27.5. The van der Waals surface area contributed by atoms with Crippen molar-refractivity contribution in [2.75, 3.05) is 139 Å². The average molecular weight is 545 g/mol. The van der Waals surface area contributed by atoms with Gasteiger partial charge < -0.3 is 63.6 Å². The predicted octanol–water partition coefficient (Wildman–Crippen LogP) is -1.42. The van der Waals surface area contributed by atoms with E-state index in [-0.39, 0.29) is 6.61 Å². The first kappa shape index (κ1) is 37.9. The number of hydrogen-bond donors (Lipinski definition) is 3. The number of rotatable bonds is 30. The third-order valence-electron chi connectivity index (χ3n) is 3.77. The monoisotopic (exact) mass is 544 g/mol. The summed E-state index contributed by atoms with van der Waals surface area (Å²) in [6, 6.07) is 0. The molecule has 0 rings (SSSR count). The van der Waals surface area contributed by atoms with E-state index < -0.39 is 12.6 Å². The maximum Gasteiger partial charge on any atom is 0.329 e. The van der Waals surface area contributed by atoms with Crippen LogP contribution in [-0.2, 0) is 52.2 Å². The topological polar surface area (TPSA) is 175 Å². The molecular formula is C23H48N2O12. The molecule has 0 aliphatic carbocycles. The maximum atomic E-state index is 9.63. The zero-order valence-corrected chi connectivity index (χ0v) is 22.2. The van der Waals surface area contributed by atoms with E-state index in [9.17, 15) is 9.59 Å². The molecule has 0 bridgehead atoms. The zero-order valence-electron chi connectivity index (χ0n) is 22.2. The van der Waals surface area contributed by atoms with Crippen LogP contribution in [0.3, 0.4) is 0 Å². The van der Waals surface area contributed by atoms with Gasteiger partial charge in [0.25, 0.3) is 0 Å². The van der Waals surface area contributed by atoms with Crippen LogP contribution in [0.5, 0.6) is 0 Å². The number of nitrogens with two attached hydrogens (primary N) is 1. The van der Waals surface area contributed by atoms with Gasteiger partial charge in [-0.25, -0.2) is 4.79 Å². The fraction of sp³-hybridized carbons (Fsp3) is 0.913. The molecule has 37 heavy (non-hydrogen) atoms. The number of carbonyl (C=O) groups is 2. The van der Waals surface area contributed by atoms with Crippen molar-refractivity contribution in [2.24, 2.45) is 5.73 Å². The lowest BCUT2D eigenvalue weighted by atomic mass is 10.6. The summed E-state index contributed by atoms with van der Waals surface area (Å²) in [6.45, 7) is 9.85. The minimum Gasteiger partial charge on any atom is -0.480 e. The first-order valence-corrected chi connectivity index (χ1v) is 12.4. The number of carbonyl (C=O) groups excluding carboxylic acids is 1. The summed E-state index contributed by atoms with van der Waals surface area (Å²) in [6.07, 6.45) is 0.503. The summed E-state index contributed by atoms with van der Waals surface area (Å²) >= 11 is 0. The Morgan fingerprint density at radius 1 is 0.622 bits per heavy atom. The average Bonchev–Trinajstić information content (AvgIpc) is 2.89. The van der Waals surface area contributed by atoms with Crippen LogP contribution in [0, 0.1) is 0 Å². The number of aldehydes is 1. The molecule has 0 fully saturated rings. The number of hydrogen-bond acceptors (Lipinski definition) is 13. The third kappa shape index (κ3) is 42.1. The SMILES string of the molecule is CNCCOCCOCCOCCOCCOCCOCCOCCOCCN.O=CCOCC(=O)O. The fourth-order valence-corrected chi connectivity index (χ4v) is 2.09. The molecule has 14 nitrogen and oxygen atoms in total. The molecule has 0 aliphatic heterocycles. The van der Waals surface area contributed by atoms with Crippen molar-refractivity contribution < 1.29 is 57.3 Å². The molecule has 0 radical (unpaired) electrons. The Bertz CT molecular complexity index is 424. The highest BCUT2D eigenvalue weighted by Crippen LogP contribution is 1.85. The summed E-state index contributed by atoms with van der Waals surface area (Å²) in [4.78, 5) is 19.1. The van der Waals surface area contributed by atoms with Gasteiger partial charge in [0.1, 0.15) is 19.5 Å². The Morgan fingerprint density at radius 2 is 0.946 bits per heavy atom. The minimum atomic E-state index is -1.06. The number of carboxylic acid groups (broad SMARTS) is 1. The smallest absolute Gasteiger partial charge is 0.329 e. The van der Waals surface area contributed by atoms with Gasteiger partial charge in [-0.3, -0.25) is 0 Å². The predicted molar refractivity (Wildman–Crippen MR) is 134 cm³/mol. The van der Waals surface area contributed by atoms with E-state index in [1.54, 1.807) is 0 Å². The van der Waals surface area contributed by atoms with Gasteiger partial charge in [0.15, 0.2) is 0 Å². The van der Waals surface area contributed by atoms with Crippen molar-refractivity contribution in [3.05, 3.63) is 0 Å². The van der Waals surface area contributed by atoms with Crippen molar-refractivity contribution in [2.45, 2.75) is 0 Å². The Balaban J connectivity index is 0. The first-order valence-electron chi connectivity index (χ1n) is 12.4. The van der Waals surface area contributed by atoms with E-state index in [4.69, 9.17) is 48.7 Å². The van der Waals surface area contributed by atoms with Crippen LogP contribution >= 0.6 is 0 Å². The van der Waals surface area contributed by atoms with Crippen molar-refractivity contribution in [1.29, 1.82) is 0 Å². The highest BCUT2D eigenvalue weighted by molar-refractivity contribution is 5.68. The van der Waals surface area contributed by atoms with Crippen molar-refractivity contribution >= 4 is 12.3 Å². The number of carboxylic acids is 1. The Kier molecular flexibility index (Phi) is 37.7. The highest BCUT2D eigenvalue weighted by Gasteiger charge is 1.95. The van der Waals surface area contributed by atoms with Crippen LogP contribution in [0.15, 0.2) is 0 Å². The van der Waals surface area contributed by atoms with E-state index in [1.807, 2.05) is 7.05 Å². The summed E-state index contributed by atoms with van der Waals surface area (Å²) in [5.74, 6) is -1.06. The van der Waals surface area contributed by atoms with Crippen LogP contribution in [0.2, 0.25) is 0 Å². The molecule has 0 spiro atoms. The molecule has 0 amide bonds. The largest absolute Gasteiger partial charge is 0.480 e. The van der Waals surface area contributed by atoms with E-state index >= 15 is 0 Å². The van der Waals surface area contributed by atoms with Gasteiger partial charge in [-0.2, -0.15) is 0 Å². The van der Waals surface area contributed by atoms with Crippen LogP contribution in [0.1, 0.15) is 0 Å². The van der Waals surface area contributed by atoms with Crippen LogP contribution in [-0.4, -0.2) is 156 Å². The molecule has 0 aromatic rings. The molecule has 0 aliphatic rings. The van der Waals surface area contributed by atoms with Gasteiger partial charge in [-0.15, -0.1) is 0 Å². The van der Waals surface area contributed by atoms with Gasteiger partial charge in [0, 0.05) is 13.1 Å². The van der Waals surface area contributed by atoms with E-state index in [1.165, 1.54) is 0 Å². The molecular weight excluding hydrogens is 496 g/mol. The molecule has 0 saturated carbocycles. The molecule has 222 valence electrons. The lowest BCUT2D eigenvalue weighted by Gasteiger charge is -2.08. The molecule has 4 N–H and O–H groups in total. The third-order valence-corrected chi connectivity index (χ3v) is 3.77. The summed E-state index contributed by atoms with van der Waals surface area (Å²) < 4.78 is 47.2. The molecule has 0 saturated heterocycles. The molecule has 14 heteroatoms. The van der Waals surface area contributed by atoms with Gasteiger partial charge in [-0.05, 0) is 7.05 Å². The first-order chi connectivity index (χ1) is 18.2. The number of likely N-dealkylation sites (N-methyl/N-ethyl adjacent to an activating group) is 1. The van der Waals surface area contributed by atoms with Crippen molar-refractivity contribution in [3.63, 3.8) is 0 Å². The van der Waals surface area contributed by atoms with Gasteiger partial charge in [-0.1, -0.05) is 0 Å². The molecule has 0 unspecified atom stereocenters. The number of aliphatic carboxylic acids is 1. The van der Waals surface area contributed by atoms with Gasteiger partial charge in [0.05, 0.1) is 106 Å². The normalized spacial score (nSPS) is 10.8. The van der Waals surface area contributed by atoms with Crippen LogP contribution < -0.4 is 11.1 Å². The van der Waals surface area contributed by atoms with Crippen LogP contribution in [0.4, 0.5) is 0 Å². The standard InChI is InChI=1S/C19H42N2O8.C4H6O4/c1-21-3-5-23-7-9-25-11-13-27-15-17-29-19-18-28-16-14-26-12-10-24-8-6-22-4-2-20;5-1-2-8-3-4(6)7/h21H,2-20H2,1H3;1H,2-3H2,(H,6,7). The molecule has 0 atom stereocenters. The highest BCUT2D eigenvalue weighted by atomic mass is 16.6. The maximum absolute atomic E-state index is 9.63. The summed E-state index contributed by atoms with van der Waals surface area (Å²) in [7, 11) is 1.90. The number of ether oxygens (including phenoxy) is 9. The summed E-state index contributed by atoms with van der Waals surface area (Å²) in [5, 5.41) is 10.9. The lowest BCUT2D eigenvalue weighted by Crippen LogP contribution is -2.17. The van der Waals surface area contributed by atoms with Crippen LogP contribution in [0.25, 0.3) is 0 Å². The van der Waals surface area contributed by atoms with Crippen molar-refractivity contribution in [3.8, 4) is 0 Å². The van der Waals surface area contributed by atoms with Gasteiger partial charge in [0.2, 0.25) is 0 Å².